The molecule has 2 aliphatic heterocycles. The van der Waals surface area contributed by atoms with Crippen LogP contribution in [0.5, 0.6) is 0 Å². The maximum atomic E-state index is 12.7. The van der Waals surface area contributed by atoms with Gasteiger partial charge in [-0.25, -0.2) is 9.97 Å². The summed E-state index contributed by atoms with van der Waals surface area (Å²) < 4.78 is 5.38. The van der Waals surface area contributed by atoms with Gasteiger partial charge in [0.2, 0.25) is 0 Å². The van der Waals surface area contributed by atoms with E-state index in [1.165, 1.54) is 19.3 Å². The molecule has 7 nitrogen and oxygen atoms in total. The topological polar surface area (TPSA) is 70.6 Å². The van der Waals surface area contributed by atoms with Gasteiger partial charge in [0.25, 0.3) is 5.91 Å². The number of piperidine rings is 1. The van der Waals surface area contributed by atoms with Crippen LogP contribution in [0, 0.1) is 0 Å². The van der Waals surface area contributed by atoms with E-state index >= 15 is 0 Å². The summed E-state index contributed by atoms with van der Waals surface area (Å²) in [5.41, 5.74) is 2.88. The Balaban J connectivity index is 1.34. The highest BCUT2D eigenvalue weighted by atomic mass is 32.2. The van der Waals surface area contributed by atoms with Crippen LogP contribution in [-0.4, -0.2) is 72.8 Å². The SMILES string of the molecule is CCc1cc(N2CCCCC2C)nc(SCc2cccc(C(=O)NCCN3CCOCC3)c2)n1. The van der Waals surface area contributed by atoms with Gasteiger partial charge in [-0.05, 0) is 50.3 Å². The van der Waals surface area contributed by atoms with Crippen molar-refractivity contribution >= 4 is 23.5 Å². The number of aromatic nitrogens is 2. The molecule has 3 heterocycles. The summed E-state index contributed by atoms with van der Waals surface area (Å²) in [5, 5.41) is 3.86. The maximum Gasteiger partial charge on any atom is 0.251 e. The summed E-state index contributed by atoms with van der Waals surface area (Å²) in [6.07, 6.45) is 4.63. The fraction of sp³-hybridized carbons (Fsp3) is 0.577. The number of benzene rings is 1. The van der Waals surface area contributed by atoms with Crippen LogP contribution in [-0.2, 0) is 16.9 Å². The van der Waals surface area contributed by atoms with Crippen LogP contribution in [0.1, 0.15) is 54.7 Å². The molecule has 2 aliphatic rings. The van der Waals surface area contributed by atoms with Gasteiger partial charge in [-0.3, -0.25) is 9.69 Å². The second kappa shape index (κ2) is 12.5. The molecule has 8 heteroatoms. The second-order valence-electron chi connectivity index (χ2n) is 9.09. The predicted molar refractivity (Wildman–Crippen MR) is 138 cm³/mol. The monoisotopic (exact) mass is 483 g/mol. The first-order valence-electron chi connectivity index (χ1n) is 12.6. The molecule has 1 unspecified atom stereocenters. The Kier molecular flexibility index (Phi) is 9.18. The minimum Gasteiger partial charge on any atom is -0.379 e. The third-order valence-corrected chi connectivity index (χ3v) is 7.50. The Hall–Kier alpha value is -2.16. The lowest BCUT2D eigenvalue weighted by Crippen LogP contribution is -2.41. The van der Waals surface area contributed by atoms with Gasteiger partial charge in [0.15, 0.2) is 5.16 Å². The molecule has 34 heavy (non-hydrogen) atoms. The smallest absolute Gasteiger partial charge is 0.251 e. The van der Waals surface area contributed by atoms with Crippen LogP contribution in [0.15, 0.2) is 35.5 Å². The van der Waals surface area contributed by atoms with Crippen LogP contribution in [0.2, 0.25) is 0 Å². The van der Waals surface area contributed by atoms with Crippen molar-refractivity contribution in [2.45, 2.75) is 56.5 Å². The molecule has 1 aromatic heterocycles. The number of morpholine rings is 1. The maximum absolute atomic E-state index is 12.7. The minimum atomic E-state index is -0.0225. The van der Waals surface area contributed by atoms with Crippen molar-refractivity contribution in [1.82, 2.24) is 20.2 Å². The molecule has 1 aromatic carbocycles. The van der Waals surface area contributed by atoms with Crippen molar-refractivity contribution in [1.29, 1.82) is 0 Å². The van der Waals surface area contributed by atoms with Crippen molar-refractivity contribution in [3.63, 3.8) is 0 Å². The van der Waals surface area contributed by atoms with Gasteiger partial charge in [-0.15, -0.1) is 0 Å². The summed E-state index contributed by atoms with van der Waals surface area (Å²) in [6.45, 7) is 10.4. The number of carbonyl (C=O) groups excluding carboxylic acids is 1. The van der Waals surface area contributed by atoms with Gasteiger partial charge >= 0.3 is 0 Å². The Morgan fingerprint density at radius 3 is 2.82 bits per heavy atom. The van der Waals surface area contributed by atoms with E-state index in [4.69, 9.17) is 14.7 Å². The minimum absolute atomic E-state index is 0.0225. The van der Waals surface area contributed by atoms with Crippen molar-refractivity contribution < 1.29 is 9.53 Å². The molecule has 0 aliphatic carbocycles. The number of nitrogens with zero attached hydrogens (tertiary/aromatic N) is 4. The van der Waals surface area contributed by atoms with E-state index < -0.39 is 0 Å². The number of hydrogen-bond donors (Lipinski definition) is 1. The molecule has 0 bridgehead atoms. The number of thioether (sulfide) groups is 1. The molecular formula is C26H37N5O2S. The van der Waals surface area contributed by atoms with Gasteiger partial charge in [0.1, 0.15) is 5.82 Å². The first-order chi connectivity index (χ1) is 16.6. The molecule has 2 fully saturated rings. The third kappa shape index (κ3) is 6.93. The predicted octanol–water partition coefficient (Wildman–Crippen LogP) is 3.77. The van der Waals surface area contributed by atoms with Crippen LogP contribution < -0.4 is 10.2 Å². The molecule has 184 valence electrons. The second-order valence-corrected chi connectivity index (χ2v) is 10.0. The number of hydrogen-bond acceptors (Lipinski definition) is 7. The average molecular weight is 484 g/mol. The highest BCUT2D eigenvalue weighted by Gasteiger charge is 2.21. The van der Waals surface area contributed by atoms with E-state index in [1.54, 1.807) is 11.8 Å². The van der Waals surface area contributed by atoms with Crippen molar-refractivity contribution in [3.8, 4) is 0 Å². The zero-order valence-corrected chi connectivity index (χ0v) is 21.3. The molecule has 2 saturated heterocycles. The van der Waals surface area contributed by atoms with E-state index in [1.807, 2.05) is 18.2 Å². The lowest BCUT2D eigenvalue weighted by Gasteiger charge is -2.34. The Labute approximate surface area is 207 Å². The normalized spacial score (nSPS) is 19.2. The molecule has 4 rings (SSSR count). The Morgan fingerprint density at radius 2 is 2.03 bits per heavy atom. The number of anilines is 1. The van der Waals surface area contributed by atoms with E-state index in [9.17, 15) is 4.79 Å². The first kappa shape index (κ1) is 24.9. The number of carbonyl (C=O) groups is 1. The van der Waals surface area contributed by atoms with Crippen molar-refractivity contribution in [2.24, 2.45) is 0 Å². The fourth-order valence-electron chi connectivity index (χ4n) is 4.50. The zero-order valence-electron chi connectivity index (χ0n) is 20.5. The number of aryl methyl sites for hydroxylation is 1. The molecule has 0 radical (unpaired) electrons. The van der Waals surface area contributed by atoms with Gasteiger partial charge < -0.3 is 15.0 Å². The highest BCUT2D eigenvalue weighted by Crippen LogP contribution is 2.27. The number of rotatable bonds is 9. The number of ether oxygens (including phenoxy) is 1. The summed E-state index contributed by atoms with van der Waals surface area (Å²) >= 11 is 1.64. The van der Waals surface area contributed by atoms with Gasteiger partial charge in [0, 0.05) is 61.8 Å². The number of nitrogens with one attached hydrogen (secondary N) is 1. The van der Waals surface area contributed by atoms with Crippen LogP contribution >= 0.6 is 11.8 Å². The van der Waals surface area contributed by atoms with Gasteiger partial charge in [-0.2, -0.15) is 0 Å². The van der Waals surface area contributed by atoms with Gasteiger partial charge in [-0.1, -0.05) is 30.8 Å². The standard InChI is InChI=1S/C26H37N5O2S/c1-3-23-18-24(31-11-5-4-7-20(31)2)29-26(28-23)34-19-21-8-6-9-22(17-21)25(32)27-10-12-30-13-15-33-16-14-30/h6,8-9,17-18,20H,3-5,7,10-16,19H2,1-2H3,(H,27,32). The van der Waals surface area contributed by atoms with E-state index in [0.29, 0.717) is 18.2 Å². The molecule has 0 saturated carbocycles. The van der Waals surface area contributed by atoms with E-state index in [2.05, 4.69) is 41.1 Å². The quantitative estimate of drug-likeness (QED) is 0.430. The largest absolute Gasteiger partial charge is 0.379 e. The highest BCUT2D eigenvalue weighted by molar-refractivity contribution is 7.98. The Bertz CT molecular complexity index is 951. The van der Waals surface area contributed by atoms with Crippen LogP contribution in [0.25, 0.3) is 0 Å². The van der Waals surface area contributed by atoms with Crippen LogP contribution in [0.3, 0.4) is 0 Å². The van der Waals surface area contributed by atoms with Gasteiger partial charge in [0.05, 0.1) is 13.2 Å². The third-order valence-electron chi connectivity index (χ3n) is 6.58. The summed E-state index contributed by atoms with van der Waals surface area (Å²) in [4.78, 5) is 27.1. The van der Waals surface area contributed by atoms with E-state index in [-0.39, 0.29) is 5.91 Å². The molecule has 1 N–H and O–H groups in total. The number of amides is 1. The lowest BCUT2D eigenvalue weighted by atomic mass is 10.0. The van der Waals surface area contributed by atoms with E-state index in [0.717, 1.165) is 73.8 Å². The lowest BCUT2D eigenvalue weighted by molar-refractivity contribution is 0.0383. The molecule has 2 aromatic rings. The van der Waals surface area contributed by atoms with Crippen molar-refractivity contribution in [2.75, 3.05) is 50.8 Å². The average Bonchev–Trinajstić information content (AvgIpc) is 2.88. The molecular weight excluding hydrogens is 446 g/mol. The molecule has 1 atom stereocenters. The molecule has 1 amide bonds. The Morgan fingerprint density at radius 1 is 1.18 bits per heavy atom. The van der Waals surface area contributed by atoms with Crippen molar-refractivity contribution in [3.05, 3.63) is 47.2 Å². The summed E-state index contributed by atoms with van der Waals surface area (Å²) in [5.74, 6) is 1.76. The zero-order chi connectivity index (χ0) is 23.8. The summed E-state index contributed by atoms with van der Waals surface area (Å²) in [6, 6.07) is 10.5. The summed E-state index contributed by atoms with van der Waals surface area (Å²) in [7, 11) is 0. The van der Waals surface area contributed by atoms with Crippen LogP contribution in [0.4, 0.5) is 5.82 Å². The first-order valence-corrected chi connectivity index (χ1v) is 13.6. The fourth-order valence-corrected chi connectivity index (χ4v) is 5.31. The molecule has 0 spiro atoms.